The fourth-order valence-electron chi connectivity index (χ4n) is 4.54. The maximum Gasteiger partial charge on any atom is 0.305 e. The van der Waals surface area contributed by atoms with Crippen molar-refractivity contribution in [2.24, 2.45) is 0 Å². The largest absolute Gasteiger partial charge is 0.463 e. The van der Waals surface area contributed by atoms with Gasteiger partial charge in [0, 0.05) is 12.8 Å². The van der Waals surface area contributed by atoms with Crippen molar-refractivity contribution >= 4 is 11.9 Å². The Labute approximate surface area is 271 Å². The molecule has 0 saturated carbocycles. The van der Waals surface area contributed by atoms with Crippen LogP contribution in [-0.2, 0) is 19.1 Å². The fraction of sp³-hybridized carbons (Fsp3) is 0.692. The predicted octanol–water partition coefficient (Wildman–Crippen LogP) is 10.8. The van der Waals surface area contributed by atoms with Gasteiger partial charge in [0.15, 0.2) is 0 Å². The van der Waals surface area contributed by atoms with Gasteiger partial charge in [0.25, 0.3) is 0 Å². The third-order valence-electron chi connectivity index (χ3n) is 7.24. The van der Waals surface area contributed by atoms with E-state index >= 15 is 0 Å². The molecule has 0 spiro atoms. The lowest BCUT2D eigenvalue weighted by Gasteiger charge is -2.12. The first-order valence-electron chi connectivity index (χ1n) is 17.8. The molecule has 44 heavy (non-hydrogen) atoms. The van der Waals surface area contributed by atoms with Gasteiger partial charge < -0.3 is 14.6 Å². The zero-order valence-corrected chi connectivity index (χ0v) is 28.4. The van der Waals surface area contributed by atoms with Crippen molar-refractivity contribution in [2.75, 3.05) is 13.2 Å². The average molecular weight is 615 g/mol. The minimum Gasteiger partial charge on any atom is -0.463 e. The van der Waals surface area contributed by atoms with Gasteiger partial charge >= 0.3 is 11.9 Å². The molecule has 1 unspecified atom stereocenters. The summed E-state index contributed by atoms with van der Waals surface area (Å²) in [6.07, 6.45) is 44.1. The number of aliphatic hydroxyl groups is 1. The average Bonchev–Trinajstić information content (AvgIpc) is 3.02. The van der Waals surface area contributed by atoms with Crippen molar-refractivity contribution in [1.82, 2.24) is 0 Å². The number of rotatable bonds is 31. The van der Waals surface area contributed by atoms with Gasteiger partial charge in [-0.05, 0) is 77.0 Å². The van der Waals surface area contributed by atoms with Crippen LogP contribution < -0.4 is 0 Å². The van der Waals surface area contributed by atoms with Crippen LogP contribution >= 0.6 is 0 Å². The molecule has 0 saturated heterocycles. The van der Waals surface area contributed by atoms with Crippen LogP contribution in [0.2, 0.25) is 0 Å². The standard InChI is InChI=1S/C39H66O5/c1-3-5-7-9-11-13-15-17-19-21-23-25-27-29-31-33-38(41)43-35-37(40)36-44-39(42)34-32-30-28-26-24-22-20-18-16-14-12-10-8-6-4-2/h5,7,11-14,17-20,37,40H,3-4,6,8-10,15-16,21-36H2,1-2H3/b7-5-,13-11-,14-12-,19-17-,20-18-. The monoisotopic (exact) mass is 614 g/mol. The highest BCUT2D eigenvalue weighted by molar-refractivity contribution is 5.69. The summed E-state index contributed by atoms with van der Waals surface area (Å²) in [5.74, 6) is -0.606. The van der Waals surface area contributed by atoms with E-state index in [1.807, 2.05) is 0 Å². The van der Waals surface area contributed by atoms with Crippen LogP contribution in [0.3, 0.4) is 0 Å². The molecule has 5 nitrogen and oxygen atoms in total. The Bertz CT molecular complexity index is 792. The molecular weight excluding hydrogens is 548 g/mol. The summed E-state index contributed by atoms with van der Waals surface area (Å²) in [6, 6.07) is 0. The van der Waals surface area contributed by atoms with Gasteiger partial charge in [-0.15, -0.1) is 0 Å². The topological polar surface area (TPSA) is 72.8 Å². The van der Waals surface area contributed by atoms with Crippen molar-refractivity contribution in [2.45, 2.75) is 161 Å². The zero-order chi connectivity index (χ0) is 32.2. The fourth-order valence-corrected chi connectivity index (χ4v) is 4.54. The summed E-state index contributed by atoms with van der Waals surface area (Å²) in [4.78, 5) is 23.8. The molecule has 5 heteroatoms. The molecule has 0 aromatic heterocycles. The van der Waals surface area contributed by atoms with Crippen molar-refractivity contribution < 1.29 is 24.2 Å². The highest BCUT2D eigenvalue weighted by Gasteiger charge is 2.12. The zero-order valence-electron chi connectivity index (χ0n) is 28.4. The van der Waals surface area contributed by atoms with Crippen LogP contribution in [0.5, 0.6) is 0 Å². The number of unbranched alkanes of at least 4 members (excludes halogenated alkanes) is 13. The van der Waals surface area contributed by atoms with Gasteiger partial charge in [-0.3, -0.25) is 9.59 Å². The molecule has 0 heterocycles. The van der Waals surface area contributed by atoms with Crippen LogP contribution in [-0.4, -0.2) is 36.4 Å². The maximum absolute atomic E-state index is 11.9. The smallest absolute Gasteiger partial charge is 0.305 e. The molecule has 0 aliphatic carbocycles. The van der Waals surface area contributed by atoms with Crippen molar-refractivity contribution in [1.29, 1.82) is 0 Å². The summed E-state index contributed by atoms with van der Waals surface area (Å²) in [5.41, 5.74) is 0. The molecule has 0 radical (unpaired) electrons. The number of ether oxygens (including phenoxy) is 2. The third kappa shape index (κ3) is 34.1. The van der Waals surface area contributed by atoms with Gasteiger partial charge in [-0.1, -0.05) is 126 Å². The molecule has 1 N–H and O–H groups in total. The van der Waals surface area contributed by atoms with Crippen molar-refractivity contribution in [3.63, 3.8) is 0 Å². The number of allylic oxidation sites excluding steroid dienone is 10. The van der Waals surface area contributed by atoms with Gasteiger partial charge in [-0.25, -0.2) is 0 Å². The molecule has 0 amide bonds. The van der Waals surface area contributed by atoms with Crippen molar-refractivity contribution in [3.05, 3.63) is 60.8 Å². The minimum atomic E-state index is -0.978. The summed E-state index contributed by atoms with van der Waals surface area (Å²) < 4.78 is 10.3. The molecule has 0 aromatic rings. The first-order chi connectivity index (χ1) is 21.6. The normalized spacial score (nSPS) is 12.9. The van der Waals surface area contributed by atoms with Gasteiger partial charge in [0.05, 0.1) is 0 Å². The SMILES string of the molecule is CC/C=C\C/C=C\C/C=C\CCCCCCCC(=O)OCC(O)COC(=O)CCCCCCC/C=C\C/C=C\CCCCC. The molecule has 0 aromatic carbocycles. The number of carbonyl (C=O) groups excluding carboxylic acids is 2. The Morgan fingerprint density at radius 2 is 0.864 bits per heavy atom. The highest BCUT2D eigenvalue weighted by Crippen LogP contribution is 2.10. The van der Waals surface area contributed by atoms with E-state index in [0.29, 0.717) is 12.8 Å². The molecule has 0 aliphatic rings. The number of esters is 2. The van der Waals surface area contributed by atoms with Crippen molar-refractivity contribution in [3.8, 4) is 0 Å². The first-order valence-corrected chi connectivity index (χ1v) is 17.8. The molecular formula is C39H66O5. The molecule has 0 bridgehead atoms. The second kappa shape index (κ2) is 35.1. The first kappa shape index (κ1) is 41.6. The lowest BCUT2D eigenvalue weighted by Crippen LogP contribution is -2.25. The van der Waals surface area contributed by atoms with E-state index in [2.05, 4.69) is 74.6 Å². The molecule has 0 fully saturated rings. The summed E-state index contributed by atoms with van der Waals surface area (Å²) in [7, 11) is 0. The van der Waals surface area contributed by atoms with Crippen LogP contribution in [0.1, 0.15) is 155 Å². The predicted molar refractivity (Wildman–Crippen MR) is 187 cm³/mol. The van der Waals surface area contributed by atoms with Gasteiger partial charge in [0.1, 0.15) is 19.3 Å². The van der Waals surface area contributed by atoms with Crippen LogP contribution in [0, 0.1) is 0 Å². The number of aliphatic hydroxyl groups excluding tert-OH is 1. The van der Waals surface area contributed by atoms with E-state index in [4.69, 9.17) is 9.47 Å². The van der Waals surface area contributed by atoms with Gasteiger partial charge in [0.2, 0.25) is 0 Å². The Morgan fingerprint density at radius 3 is 1.30 bits per heavy atom. The Morgan fingerprint density at radius 1 is 0.500 bits per heavy atom. The number of carbonyl (C=O) groups is 2. The molecule has 0 aliphatic heterocycles. The Kier molecular flexibility index (Phi) is 33.2. The third-order valence-corrected chi connectivity index (χ3v) is 7.24. The van der Waals surface area contributed by atoms with E-state index in [1.165, 1.54) is 44.9 Å². The number of hydrogen-bond donors (Lipinski definition) is 1. The van der Waals surface area contributed by atoms with E-state index in [-0.39, 0.29) is 25.2 Å². The highest BCUT2D eigenvalue weighted by atomic mass is 16.6. The molecule has 1 atom stereocenters. The second-order valence-corrected chi connectivity index (χ2v) is 11.6. The Hall–Kier alpha value is -2.40. The minimum absolute atomic E-state index is 0.132. The van der Waals surface area contributed by atoms with Crippen LogP contribution in [0.4, 0.5) is 0 Å². The Balaban J connectivity index is 3.52. The van der Waals surface area contributed by atoms with Gasteiger partial charge in [-0.2, -0.15) is 0 Å². The lowest BCUT2D eigenvalue weighted by molar-refractivity contribution is -0.152. The summed E-state index contributed by atoms with van der Waals surface area (Å²) >= 11 is 0. The van der Waals surface area contributed by atoms with E-state index < -0.39 is 6.10 Å². The maximum atomic E-state index is 11.9. The quantitative estimate of drug-likeness (QED) is 0.0478. The van der Waals surface area contributed by atoms with E-state index in [1.54, 1.807) is 0 Å². The molecule has 252 valence electrons. The van der Waals surface area contributed by atoms with E-state index in [0.717, 1.165) is 83.5 Å². The summed E-state index contributed by atoms with van der Waals surface area (Å²) in [5, 5.41) is 9.98. The van der Waals surface area contributed by atoms with Crippen LogP contribution in [0.25, 0.3) is 0 Å². The lowest BCUT2D eigenvalue weighted by atomic mass is 10.1. The summed E-state index contributed by atoms with van der Waals surface area (Å²) in [6.45, 7) is 4.12. The van der Waals surface area contributed by atoms with E-state index in [9.17, 15) is 14.7 Å². The molecule has 0 rings (SSSR count). The van der Waals surface area contributed by atoms with Crippen LogP contribution in [0.15, 0.2) is 60.8 Å². The number of hydrogen-bond acceptors (Lipinski definition) is 5. The second-order valence-electron chi connectivity index (χ2n) is 11.6.